The Morgan fingerprint density at radius 1 is 1.03 bits per heavy atom. The quantitative estimate of drug-likeness (QED) is 0.340. The summed E-state index contributed by atoms with van der Waals surface area (Å²) in [5.74, 6) is 2.64. The van der Waals surface area contributed by atoms with Crippen molar-refractivity contribution in [1.29, 1.82) is 0 Å². The van der Waals surface area contributed by atoms with Crippen LogP contribution in [0.3, 0.4) is 0 Å². The number of thiophene rings is 1. The van der Waals surface area contributed by atoms with E-state index in [-0.39, 0.29) is 0 Å². The van der Waals surface area contributed by atoms with Crippen molar-refractivity contribution in [3.8, 4) is 11.5 Å². The van der Waals surface area contributed by atoms with Gasteiger partial charge in [-0.05, 0) is 17.5 Å². The number of fused-ring (bicyclic) bond motifs is 1. The van der Waals surface area contributed by atoms with E-state index < -0.39 is 0 Å². The van der Waals surface area contributed by atoms with Crippen LogP contribution in [0.1, 0.15) is 11.6 Å². The van der Waals surface area contributed by atoms with Crippen LogP contribution in [0.15, 0.2) is 50.6 Å². The maximum atomic E-state index is 5.44. The molecule has 0 aliphatic carbocycles. The van der Waals surface area contributed by atoms with E-state index in [0.717, 1.165) is 60.2 Å². The molecule has 0 unspecified atom stereocenters. The van der Waals surface area contributed by atoms with Crippen molar-refractivity contribution in [2.24, 2.45) is 0 Å². The molecule has 9 heteroatoms. The Morgan fingerprint density at radius 2 is 1.93 bits per heavy atom. The maximum absolute atomic E-state index is 5.44. The Kier molecular flexibility index (Phi) is 5.53. The zero-order valence-electron chi connectivity index (χ0n) is 15.7. The number of ether oxygens (including phenoxy) is 1. The summed E-state index contributed by atoms with van der Waals surface area (Å²) >= 11 is 3.22. The molecule has 0 bridgehead atoms. The molecule has 29 heavy (non-hydrogen) atoms. The lowest BCUT2D eigenvalue weighted by Gasteiger charge is -2.25. The van der Waals surface area contributed by atoms with Crippen LogP contribution in [0.2, 0.25) is 0 Å². The monoisotopic (exact) mass is 425 g/mol. The maximum Gasteiger partial charge on any atom is 0.258 e. The van der Waals surface area contributed by atoms with Gasteiger partial charge in [0.25, 0.3) is 5.89 Å². The average Bonchev–Trinajstić information content (AvgIpc) is 3.45. The fourth-order valence-corrected chi connectivity index (χ4v) is 4.69. The highest BCUT2D eigenvalue weighted by Gasteiger charge is 2.16. The van der Waals surface area contributed by atoms with Crippen LogP contribution in [0.4, 0.5) is 0 Å². The molecule has 1 aromatic carbocycles. The summed E-state index contributed by atoms with van der Waals surface area (Å²) in [6, 6.07) is 10.1. The number of nitrogens with zero attached hydrogens (tertiary/aromatic N) is 5. The summed E-state index contributed by atoms with van der Waals surface area (Å²) in [6.07, 6.45) is 0. The number of hydrogen-bond acceptors (Lipinski definition) is 9. The van der Waals surface area contributed by atoms with Crippen LogP contribution in [-0.4, -0.2) is 51.3 Å². The molecule has 0 amide bonds. The molecular formula is C20H19N5O2S2. The van der Waals surface area contributed by atoms with Crippen molar-refractivity contribution >= 4 is 34.0 Å². The smallest absolute Gasteiger partial charge is 0.258 e. The Hall–Kier alpha value is -2.33. The van der Waals surface area contributed by atoms with Crippen molar-refractivity contribution in [1.82, 2.24) is 25.0 Å². The standard InChI is InChI=1S/C20H19N5O2S2/c1-2-4-16-15(3-1)20(23-17(21-16)11-25-6-8-26-9-7-25)29-13-18-22-19(27-24-18)14-5-10-28-12-14/h1-5,10,12H,6-9,11,13H2. The largest absolute Gasteiger partial charge is 0.379 e. The van der Waals surface area contributed by atoms with Gasteiger partial charge < -0.3 is 9.26 Å². The third-order valence-corrected chi connectivity index (χ3v) is 6.33. The molecule has 1 aliphatic heterocycles. The van der Waals surface area contributed by atoms with Crippen molar-refractivity contribution < 1.29 is 9.26 Å². The van der Waals surface area contributed by atoms with Crippen molar-refractivity contribution in [2.75, 3.05) is 26.3 Å². The average molecular weight is 426 g/mol. The van der Waals surface area contributed by atoms with Gasteiger partial charge in [0.1, 0.15) is 10.9 Å². The molecule has 1 aliphatic rings. The second kappa shape index (κ2) is 8.58. The summed E-state index contributed by atoms with van der Waals surface area (Å²) in [4.78, 5) is 16.5. The first kappa shape index (κ1) is 18.7. The normalized spacial score (nSPS) is 15.2. The minimum absolute atomic E-state index is 0.558. The molecule has 1 fully saturated rings. The molecule has 7 nitrogen and oxygen atoms in total. The van der Waals surface area contributed by atoms with Crippen LogP contribution in [0.5, 0.6) is 0 Å². The van der Waals surface area contributed by atoms with E-state index in [1.807, 2.05) is 35.0 Å². The molecule has 5 rings (SSSR count). The second-order valence-electron chi connectivity index (χ2n) is 6.67. The lowest BCUT2D eigenvalue weighted by atomic mass is 10.2. The molecule has 148 valence electrons. The summed E-state index contributed by atoms with van der Waals surface area (Å²) in [7, 11) is 0. The molecule has 4 heterocycles. The van der Waals surface area contributed by atoms with Gasteiger partial charge in [-0.3, -0.25) is 4.90 Å². The first-order valence-corrected chi connectivity index (χ1v) is 11.3. The second-order valence-corrected chi connectivity index (χ2v) is 8.41. The number of morpholine rings is 1. The van der Waals surface area contributed by atoms with Gasteiger partial charge in [0.2, 0.25) is 0 Å². The fraction of sp³-hybridized carbons (Fsp3) is 0.300. The Balaban J connectivity index is 1.36. The van der Waals surface area contributed by atoms with Crippen molar-refractivity contribution in [3.63, 3.8) is 0 Å². The molecule has 0 radical (unpaired) electrons. The van der Waals surface area contributed by atoms with Gasteiger partial charge in [0, 0.05) is 23.9 Å². The van der Waals surface area contributed by atoms with Crippen LogP contribution in [0, 0.1) is 0 Å². The van der Waals surface area contributed by atoms with E-state index in [1.54, 1.807) is 23.1 Å². The first-order chi connectivity index (χ1) is 14.3. The zero-order chi connectivity index (χ0) is 19.5. The molecular weight excluding hydrogens is 406 g/mol. The molecule has 1 saturated heterocycles. The van der Waals surface area contributed by atoms with E-state index in [2.05, 4.69) is 21.1 Å². The van der Waals surface area contributed by atoms with Crippen LogP contribution in [-0.2, 0) is 17.0 Å². The molecule has 0 N–H and O–H groups in total. The molecule has 4 aromatic rings. The highest BCUT2D eigenvalue weighted by Crippen LogP contribution is 2.28. The predicted molar refractivity (Wildman–Crippen MR) is 113 cm³/mol. The van der Waals surface area contributed by atoms with Crippen LogP contribution < -0.4 is 0 Å². The molecule has 0 spiro atoms. The van der Waals surface area contributed by atoms with Gasteiger partial charge in [-0.2, -0.15) is 16.3 Å². The zero-order valence-corrected chi connectivity index (χ0v) is 17.3. The molecule has 0 atom stereocenters. The lowest BCUT2D eigenvalue weighted by molar-refractivity contribution is 0.0330. The van der Waals surface area contributed by atoms with Crippen LogP contribution in [0.25, 0.3) is 22.4 Å². The van der Waals surface area contributed by atoms with E-state index in [9.17, 15) is 0 Å². The van der Waals surface area contributed by atoms with Gasteiger partial charge in [-0.1, -0.05) is 35.1 Å². The number of thioether (sulfide) groups is 1. The fourth-order valence-electron chi connectivity index (χ4n) is 3.18. The van der Waals surface area contributed by atoms with Gasteiger partial charge in [0.05, 0.1) is 36.6 Å². The number of rotatable bonds is 6. The van der Waals surface area contributed by atoms with Gasteiger partial charge in [0.15, 0.2) is 5.82 Å². The van der Waals surface area contributed by atoms with E-state index in [1.165, 1.54) is 0 Å². The summed E-state index contributed by atoms with van der Waals surface area (Å²) in [5, 5.41) is 10.1. The number of aromatic nitrogens is 4. The summed E-state index contributed by atoms with van der Waals surface area (Å²) in [6.45, 7) is 4.07. The van der Waals surface area contributed by atoms with Crippen molar-refractivity contribution in [2.45, 2.75) is 17.3 Å². The van der Waals surface area contributed by atoms with Gasteiger partial charge >= 0.3 is 0 Å². The minimum atomic E-state index is 0.558. The molecule has 3 aromatic heterocycles. The van der Waals surface area contributed by atoms with E-state index >= 15 is 0 Å². The number of benzene rings is 1. The third-order valence-electron chi connectivity index (χ3n) is 4.66. The van der Waals surface area contributed by atoms with Gasteiger partial charge in [-0.15, -0.1) is 0 Å². The highest BCUT2D eigenvalue weighted by atomic mass is 32.2. The van der Waals surface area contributed by atoms with Crippen molar-refractivity contribution in [3.05, 3.63) is 52.7 Å². The summed E-state index contributed by atoms with van der Waals surface area (Å²) in [5.41, 5.74) is 1.92. The summed E-state index contributed by atoms with van der Waals surface area (Å²) < 4.78 is 10.8. The Labute approximate surface area is 176 Å². The minimum Gasteiger partial charge on any atom is -0.379 e. The molecule has 0 saturated carbocycles. The third kappa shape index (κ3) is 4.32. The predicted octanol–water partition coefficient (Wildman–Crippen LogP) is 3.87. The number of para-hydroxylation sites is 1. The highest BCUT2D eigenvalue weighted by molar-refractivity contribution is 7.98. The lowest BCUT2D eigenvalue weighted by Crippen LogP contribution is -2.36. The SMILES string of the molecule is c1ccc2c(SCc3noc(-c4ccsc4)n3)nc(CN3CCOCC3)nc2c1. The van der Waals surface area contributed by atoms with Gasteiger partial charge in [-0.25, -0.2) is 9.97 Å². The topological polar surface area (TPSA) is 77.2 Å². The van der Waals surface area contributed by atoms with E-state index in [4.69, 9.17) is 19.2 Å². The first-order valence-electron chi connectivity index (χ1n) is 9.39. The number of hydrogen-bond donors (Lipinski definition) is 0. The Morgan fingerprint density at radius 3 is 2.79 bits per heavy atom. The van der Waals surface area contributed by atoms with E-state index in [0.29, 0.717) is 17.5 Å². The van der Waals surface area contributed by atoms with Crippen LogP contribution >= 0.6 is 23.1 Å². The Bertz CT molecular complexity index is 1090.